The number of rotatable bonds is 4. The molecule has 6 nitrogen and oxygen atoms in total. The van der Waals surface area contributed by atoms with Crippen molar-refractivity contribution in [2.45, 2.75) is 19.4 Å². The first kappa shape index (κ1) is 12.1. The highest BCUT2D eigenvalue weighted by Gasteiger charge is 2.35. The van der Waals surface area contributed by atoms with Gasteiger partial charge in [-0.1, -0.05) is 6.92 Å². The average Bonchev–Trinajstić information content (AvgIpc) is 2.62. The lowest BCUT2D eigenvalue weighted by Crippen LogP contribution is -2.38. The number of hydrogen-bond donors (Lipinski definition) is 1. The monoisotopic (exact) mass is 258 g/mol. The van der Waals surface area contributed by atoms with Crippen molar-refractivity contribution in [1.29, 1.82) is 0 Å². The molecule has 1 N–H and O–H groups in total. The third-order valence-electron chi connectivity index (χ3n) is 2.89. The van der Waals surface area contributed by atoms with E-state index in [1.165, 1.54) is 0 Å². The molecule has 1 aliphatic rings. The van der Waals surface area contributed by atoms with E-state index in [4.69, 9.17) is 5.11 Å². The normalized spacial score (nSPS) is 20.8. The second-order valence-corrected chi connectivity index (χ2v) is 6.66. The average molecular weight is 258 g/mol. The fourth-order valence-corrected chi connectivity index (χ4v) is 3.19. The lowest BCUT2D eigenvalue weighted by Gasteiger charge is -2.25. The molecule has 0 aliphatic carbocycles. The van der Waals surface area contributed by atoms with Gasteiger partial charge in [0.15, 0.2) is 9.84 Å². The van der Waals surface area contributed by atoms with E-state index in [-0.39, 0.29) is 17.5 Å². The molecule has 0 aromatic carbocycles. The van der Waals surface area contributed by atoms with Crippen LogP contribution in [0.2, 0.25) is 0 Å². The highest BCUT2D eigenvalue weighted by Crippen LogP contribution is 2.23. The smallest absolute Gasteiger partial charge is 0.306 e. The number of carboxylic acids is 1. The summed E-state index contributed by atoms with van der Waals surface area (Å²) in [6, 6.07) is -0.0890. The Kier molecular flexibility index (Phi) is 2.94. The lowest BCUT2D eigenvalue weighted by atomic mass is 10.0. The highest BCUT2D eigenvalue weighted by atomic mass is 32.2. The highest BCUT2D eigenvalue weighted by molar-refractivity contribution is 7.92. The summed E-state index contributed by atoms with van der Waals surface area (Å²) in [6.07, 6.45) is 3.75. The Morgan fingerprint density at radius 3 is 2.82 bits per heavy atom. The van der Waals surface area contributed by atoms with Gasteiger partial charge in [0.1, 0.15) is 0 Å². The van der Waals surface area contributed by atoms with Crippen molar-refractivity contribution in [2.75, 3.05) is 11.5 Å². The predicted molar refractivity (Wildman–Crippen MR) is 60.4 cm³/mol. The van der Waals surface area contributed by atoms with Crippen molar-refractivity contribution >= 4 is 15.8 Å². The first-order chi connectivity index (χ1) is 7.87. The van der Waals surface area contributed by atoms with Gasteiger partial charge in [0, 0.05) is 6.20 Å². The molecule has 94 valence electrons. The van der Waals surface area contributed by atoms with Gasteiger partial charge in [-0.05, 0) is 12.0 Å². The van der Waals surface area contributed by atoms with Crippen LogP contribution in [0.5, 0.6) is 0 Å². The largest absolute Gasteiger partial charge is 0.481 e. The molecule has 1 aliphatic heterocycles. The number of aliphatic carboxylic acids is 1. The van der Waals surface area contributed by atoms with Crippen molar-refractivity contribution in [2.24, 2.45) is 5.92 Å². The maximum Gasteiger partial charge on any atom is 0.306 e. The maximum absolute atomic E-state index is 11.0. The molecule has 2 rings (SSSR count). The van der Waals surface area contributed by atoms with Crippen LogP contribution >= 0.6 is 0 Å². The Hall–Kier alpha value is -1.37. The van der Waals surface area contributed by atoms with Crippen LogP contribution in [0.25, 0.3) is 0 Å². The minimum atomic E-state index is -2.86. The molecule has 0 saturated carbocycles. The van der Waals surface area contributed by atoms with E-state index in [1.807, 2.05) is 0 Å². The number of nitrogens with zero attached hydrogens (tertiary/aromatic N) is 2. The Labute approximate surface area is 99.2 Å². The molecule has 0 radical (unpaired) electrons. The van der Waals surface area contributed by atoms with Crippen LogP contribution in [0.4, 0.5) is 0 Å². The van der Waals surface area contributed by atoms with Crippen molar-refractivity contribution in [3.8, 4) is 0 Å². The van der Waals surface area contributed by atoms with Gasteiger partial charge in [-0.15, -0.1) is 0 Å². The van der Waals surface area contributed by atoms with E-state index >= 15 is 0 Å². The SMILES string of the molecule is CC(Cc1cnn(C2CS(=O)(=O)C2)c1)C(=O)O. The Morgan fingerprint density at radius 2 is 2.29 bits per heavy atom. The van der Waals surface area contributed by atoms with Crippen molar-refractivity contribution in [1.82, 2.24) is 9.78 Å². The summed E-state index contributed by atoms with van der Waals surface area (Å²) >= 11 is 0. The third kappa shape index (κ3) is 2.66. The van der Waals surface area contributed by atoms with Gasteiger partial charge in [0.2, 0.25) is 0 Å². The topological polar surface area (TPSA) is 89.3 Å². The molecular formula is C10H14N2O4S. The zero-order valence-corrected chi connectivity index (χ0v) is 10.2. The zero-order valence-electron chi connectivity index (χ0n) is 9.41. The first-order valence-corrected chi connectivity index (χ1v) is 7.16. The molecule has 1 saturated heterocycles. The Balaban J connectivity index is 2.00. The summed E-state index contributed by atoms with van der Waals surface area (Å²) < 4.78 is 23.7. The molecule has 17 heavy (non-hydrogen) atoms. The van der Waals surface area contributed by atoms with Gasteiger partial charge in [-0.3, -0.25) is 9.48 Å². The molecule has 1 unspecified atom stereocenters. The second kappa shape index (κ2) is 4.14. The lowest BCUT2D eigenvalue weighted by molar-refractivity contribution is -0.141. The number of carboxylic acid groups (broad SMARTS) is 1. The zero-order chi connectivity index (χ0) is 12.6. The van der Waals surface area contributed by atoms with Crippen LogP contribution in [-0.2, 0) is 21.1 Å². The summed E-state index contributed by atoms with van der Waals surface area (Å²) in [4.78, 5) is 10.7. The fourth-order valence-electron chi connectivity index (χ4n) is 1.81. The molecule has 1 aromatic rings. The summed E-state index contributed by atoms with van der Waals surface area (Å²) in [5.41, 5.74) is 0.823. The minimum absolute atomic E-state index is 0.0890. The van der Waals surface area contributed by atoms with E-state index in [0.717, 1.165) is 5.56 Å². The van der Waals surface area contributed by atoms with Crippen molar-refractivity contribution in [3.63, 3.8) is 0 Å². The molecule has 7 heteroatoms. The van der Waals surface area contributed by atoms with E-state index in [0.29, 0.717) is 6.42 Å². The van der Waals surface area contributed by atoms with Crippen LogP contribution in [0.1, 0.15) is 18.5 Å². The van der Waals surface area contributed by atoms with Crippen molar-refractivity contribution < 1.29 is 18.3 Å². The number of carbonyl (C=O) groups is 1. The van der Waals surface area contributed by atoms with Crippen LogP contribution in [0, 0.1) is 5.92 Å². The standard InChI is InChI=1S/C10H14N2O4S/c1-7(10(13)14)2-8-3-11-12(4-8)9-5-17(15,16)6-9/h3-4,7,9H,2,5-6H2,1H3,(H,13,14). The summed E-state index contributed by atoms with van der Waals surface area (Å²) in [7, 11) is -2.86. The van der Waals surface area contributed by atoms with Crippen LogP contribution < -0.4 is 0 Å². The van der Waals surface area contributed by atoms with E-state index < -0.39 is 21.7 Å². The molecule has 0 bridgehead atoms. The maximum atomic E-state index is 11.0. The van der Waals surface area contributed by atoms with Gasteiger partial charge < -0.3 is 5.11 Å². The van der Waals surface area contributed by atoms with E-state index in [2.05, 4.69) is 5.10 Å². The molecule has 1 fully saturated rings. The molecule has 1 atom stereocenters. The van der Waals surface area contributed by atoms with Crippen LogP contribution in [0.15, 0.2) is 12.4 Å². The third-order valence-corrected chi connectivity index (χ3v) is 4.67. The van der Waals surface area contributed by atoms with Crippen LogP contribution in [-0.4, -0.2) is 40.8 Å². The van der Waals surface area contributed by atoms with Crippen LogP contribution in [0.3, 0.4) is 0 Å². The quantitative estimate of drug-likeness (QED) is 0.828. The van der Waals surface area contributed by atoms with Crippen molar-refractivity contribution in [3.05, 3.63) is 18.0 Å². The molecular weight excluding hydrogens is 244 g/mol. The summed E-state index contributed by atoms with van der Waals surface area (Å²) in [5, 5.41) is 12.9. The molecule has 1 aromatic heterocycles. The summed E-state index contributed by atoms with van der Waals surface area (Å²) in [6.45, 7) is 1.63. The summed E-state index contributed by atoms with van der Waals surface area (Å²) in [5.74, 6) is -1.05. The fraction of sp³-hybridized carbons (Fsp3) is 0.600. The Bertz CT molecular complexity index is 522. The van der Waals surface area contributed by atoms with E-state index in [9.17, 15) is 13.2 Å². The van der Waals surface area contributed by atoms with Gasteiger partial charge in [0.05, 0.1) is 29.7 Å². The molecule has 0 amide bonds. The predicted octanol–water partition coefficient (Wildman–Crippen LogP) is 0.116. The van der Waals surface area contributed by atoms with Gasteiger partial charge in [-0.25, -0.2) is 8.42 Å². The number of sulfone groups is 1. The van der Waals surface area contributed by atoms with Gasteiger partial charge >= 0.3 is 5.97 Å². The van der Waals surface area contributed by atoms with Gasteiger partial charge in [-0.2, -0.15) is 5.10 Å². The number of hydrogen-bond acceptors (Lipinski definition) is 4. The minimum Gasteiger partial charge on any atom is -0.481 e. The molecule has 2 heterocycles. The Morgan fingerprint density at radius 1 is 1.65 bits per heavy atom. The van der Waals surface area contributed by atoms with E-state index in [1.54, 1.807) is 24.0 Å². The van der Waals surface area contributed by atoms with Gasteiger partial charge in [0.25, 0.3) is 0 Å². The number of aromatic nitrogens is 2. The first-order valence-electron chi connectivity index (χ1n) is 5.33. The molecule has 0 spiro atoms. The second-order valence-electron chi connectivity index (χ2n) is 4.50.